The summed E-state index contributed by atoms with van der Waals surface area (Å²) >= 11 is 6.17. The van der Waals surface area contributed by atoms with E-state index in [0.29, 0.717) is 11.6 Å². The van der Waals surface area contributed by atoms with Crippen LogP contribution in [0.3, 0.4) is 0 Å². The third kappa shape index (κ3) is 2.29. The molecule has 1 amide bonds. The van der Waals surface area contributed by atoms with Crippen molar-refractivity contribution in [1.82, 2.24) is 0 Å². The van der Waals surface area contributed by atoms with Crippen molar-refractivity contribution in [3.8, 4) is 5.75 Å². The highest BCUT2D eigenvalue weighted by molar-refractivity contribution is 6.33. The fraction of sp³-hybridized carbons (Fsp3) is 0.133. The number of hydrogen-bond donors (Lipinski definition) is 0. The molecule has 1 aliphatic heterocycles. The lowest BCUT2D eigenvalue weighted by atomic mass is 10.2. The van der Waals surface area contributed by atoms with Gasteiger partial charge in [0.25, 0.3) is 5.91 Å². The summed E-state index contributed by atoms with van der Waals surface area (Å²) in [5.74, 6) is 0.662. The van der Waals surface area contributed by atoms with Crippen molar-refractivity contribution in [2.24, 2.45) is 0 Å². The number of halogens is 1. The molecule has 3 rings (SSSR count). The largest absolute Gasteiger partial charge is 0.483 e. The Hall–Kier alpha value is -2.00. The van der Waals surface area contributed by atoms with E-state index in [9.17, 15) is 4.79 Å². The van der Waals surface area contributed by atoms with Gasteiger partial charge in [-0.05, 0) is 18.2 Å². The van der Waals surface area contributed by atoms with Crippen molar-refractivity contribution >= 4 is 23.2 Å². The highest BCUT2D eigenvalue weighted by Crippen LogP contribution is 2.30. The molecule has 3 nitrogen and oxygen atoms in total. The molecular formula is C15H12ClNO2. The summed E-state index contributed by atoms with van der Waals surface area (Å²) in [5, 5.41) is 0.565. The number of nitrogens with zero attached hydrogens (tertiary/aromatic N) is 1. The van der Waals surface area contributed by atoms with Crippen LogP contribution in [0.4, 0.5) is 5.69 Å². The van der Waals surface area contributed by atoms with Crippen LogP contribution in [0.1, 0.15) is 5.56 Å². The summed E-state index contributed by atoms with van der Waals surface area (Å²) in [5.41, 5.74) is 1.70. The van der Waals surface area contributed by atoms with Crippen molar-refractivity contribution < 1.29 is 9.53 Å². The first-order valence-electron chi connectivity index (χ1n) is 6.01. The Labute approximate surface area is 116 Å². The second kappa shape index (κ2) is 4.94. The molecule has 0 aliphatic carbocycles. The number of carbonyl (C=O) groups excluding carboxylic acids is 1. The lowest BCUT2D eigenvalue weighted by Crippen LogP contribution is -2.32. The molecule has 0 unspecified atom stereocenters. The third-order valence-corrected chi connectivity index (χ3v) is 3.42. The zero-order chi connectivity index (χ0) is 13.2. The highest BCUT2D eigenvalue weighted by Gasteiger charge is 2.23. The van der Waals surface area contributed by atoms with Gasteiger partial charge in [0.05, 0.1) is 17.3 Å². The van der Waals surface area contributed by atoms with Crippen LogP contribution in [0.15, 0.2) is 48.5 Å². The van der Waals surface area contributed by atoms with Crippen molar-refractivity contribution in [1.29, 1.82) is 0 Å². The van der Waals surface area contributed by atoms with Gasteiger partial charge in [-0.2, -0.15) is 0 Å². The molecule has 19 heavy (non-hydrogen) atoms. The van der Waals surface area contributed by atoms with Crippen LogP contribution in [0.5, 0.6) is 5.75 Å². The summed E-state index contributed by atoms with van der Waals surface area (Å²) in [6.45, 7) is 0.501. The van der Waals surface area contributed by atoms with E-state index in [1.165, 1.54) is 0 Å². The van der Waals surface area contributed by atoms with Gasteiger partial charge >= 0.3 is 0 Å². The van der Waals surface area contributed by atoms with E-state index in [1.54, 1.807) is 11.0 Å². The number of anilines is 1. The van der Waals surface area contributed by atoms with Crippen LogP contribution in [0.2, 0.25) is 5.02 Å². The number of ether oxygens (including phenoxy) is 1. The molecule has 4 heteroatoms. The number of carbonyl (C=O) groups is 1. The lowest BCUT2D eigenvalue weighted by Gasteiger charge is -2.21. The van der Waals surface area contributed by atoms with Crippen molar-refractivity contribution in [3.05, 3.63) is 59.1 Å². The SMILES string of the molecule is O=C1COc2ccccc2CN1c1ccccc1Cl. The predicted molar refractivity (Wildman–Crippen MR) is 74.6 cm³/mol. The molecule has 0 saturated carbocycles. The van der Waals surface area contributed by atoms with Crippen LogP contribution in [0, 0.1) is 0 Å². The standard InChI is InChI=1S/C15H12ClNO2/c16-12-6-2-3-7-13(12)17-9-11-5-1-4-8-14(11)19-10-15(17)18/h1-8H,9-10H2. The smallest absolute Gasteiger partial charge is 0.265 e. The number of fused-ring (bicyclic) bond motifs is 1. The highest BCUT2D eigenvalue weighted by atomic mass is 35.5. The molecule has 0 saturated heterocycles. The number of amides is 1. The van der Waals surface area contributed by atoms with E-state index in [4.69, 9.17) is 16.3 Å². The van der Waals surface area contributed by atoms with Crippen LogP contribution in [-0.4, -0.2) is 12.5 Å². The van der Waals surface area contributed by atoms with Gasteiger partial charge in [-0.3, -0.25) is 4.79 Å². The zero-order valence-electron chi connectivity index (χ0n) is 10.2. The molecule has 96 valence electrons. The van der Waals surface area contributed by atoms with Gasteiger partial charge in [-0.15, -0.1) is 0 Å². The Bertz CT molecular complexity index is 627. The lowest BCUT2D eigenvalue weighted by molar-refractivity contribution is -0.120. The van der Waals surface area contributed by atoms with Crippen LogP contribution in [-0.2, 0) is 11.3 Å². The number of hydrogen-bond acceptors (Lipinski definition) is 2. The topological polar surface area (TPSA) is 29.5 Å². The third-order valence-electron chi connectivity index (χ3n) is 3.10. The average Bonchev–Trinajstić information content (AvgIpc) is 2.60. The maximum Gasteiger partial charge on any atom is 0.265 e. The summed E-state index contributed by atoms with van der Waals surface area (Å²) in [4.78, 5) is 13.8. The average molecular weight is 274 g/mol. The maximum absolute atomic E-state index is 12.2. The molecule has 0 spiro atoms. The predicted octanol–water partition coefficient (Wildman–Crippen LogP) is 3.27. The quantitative estimate of drug-likeness (QED) is 0.798. The van der Waals surface area contributed by atoms with E-state index >= 15 is 0 Å². The number of rotatable bonds is 1. The normalized spacial score (nSPS) is 14.6. The van der Waals surface area contributed by atoms with Crippen LogP contribution >= 0.6 is 11.6 Å². The van der Waals surface area contributed by atoms with Crippen LogP contribution < -0.4 is 9.64 Å². The zero-order valence-corrected chi connectivity index (χ0v) is 10.9. The van der Waals surface area contributed by atoms with Crippen molar-refractivity contribution in [3.63, 3.8) is 0 Å². The summed E-state index contributed by atoms with van der Waals surface area (Å²) < 4.78 is 5.52. The first kappa shape index (κ1) is 12.1. The fourth-order valence-electron chi connectivity index (χ4n) is 2.14. The molecule has 0 fully saturated rings. The van der Waals surface area contributed by atoms with Crippen LogP contribution in [0.25, 0.3) is 0 Å². The van der Waals surface area contributed by atoms with E-state index in [0.717, 1.165) is 17.0 Å². The van der Waals surface area contributed by atoms with Gasteiger partial charge in [-0.1, -0.05) is 41.9 Å². The minimum Gasteiger partial charge on any atom is -0.483 e. The summed E-state index contributed by atoms with van der Waals surface area (Å²) in [6, 6.07) is 15.0. The second-order valence-electron chi connectivity index (χ2n) is 4.33. The first-order valence-corrected chi connectivity index (χ1v) is 6.39. The summed E-state index contributed by atoms with van der Waals surface area (Å²) in [7, 11) is 0. The van der Waals surface area contributed by atoms with Gasteiger partial charge in [0.2, 0.25) is 0 Å². The molecular weight excluding hydrogens is 262 g/mol. The molecule has 2 aromatic carbocycles. The van der Waals surface area contributed by atoms with E-state index in [2.05, 4.69) is 0 Å². The molecule has 0 aromatic heterocycles. The Morgan fingerprint density at radius 2 is 1.79 bits per heavy atom. The maximum atomic E-state index is 12.2. The molecule has 2 aromatic rings. The molecule has 0 atom stereocenters. The van der Waals surface area contributed by atoms with Gasteiger partial charge < -0.3 is 9.64 Å². The van der Waals surface area contributed by atoms with E-state index in [1.807, 2.05) is 42.5 Å². The molecule has 0 radical (unpaired) electrons. The minimum atomic E-state index is -0.0932. The minimum absolute atomic E-state index is 0.0300. The van der Waals surface area contributed by atoms with Gasteiger partial charge in [0.1, 0.15) is 5.75 Å². The Balaban J connectivity index is 2.02. The first-order chi connectivity index (χ1) is 9.25. The second-order valence-corrected chi connectivity index (χ2v) is 4.73. The van der Waals surface area contributed by atoms with E-state index in [-0.39, 0.29) is 12.5 Å². The Morgan fingerprint density at radius 1 is 1.05 bits per heavy atom. The van der Waals surface area contributed by atoms with Gasteiger partial charge in [-0.25, -0.2) is 0 Å². The van der Waals surface area contributed by atoms with Gasteiger partial charge in [0.15, 0.2) is 6.61 Å². The van der Waals surface area contributed by atoms with Crippen molar-refractivity contribution in [2.75, 3.05) is 11.5 Å². The molecule has 0 bridgehead atoms. The Kier molecular flexibility index (Phi) is 3.13. The number of para-hydroxylation sites is 2. The fourth-order valence-corrected chi connectivity index (χ4v) is 2.38. The monoisotopic (exact) mass is 273 g/mol. The van der Waals surface area contributed by atoms with E-state index < -0.39 is 0 Å². The summed E-state index contributed by atoms with van der Waals surface area (Å²) in [6.07, 6.45) is 0. The van der Waals surface area contributed by atoms with Crippen molar-refractivity contribution in [2.45, 2.75) is 6.54 Å². The molecule has 1 heterocycles. The molecule has 0 N–H and O–H groups in total. The number of benzene rings is 2. The van der Waals surface area contributed by atoms with Gasteiger partial charge in [0, 0.05) is 5.56 Å². The molecule has 1 aliphatic rings. The Morgan fingerprint density at radius 3 is 2.63 bits per heavy atom.